The first kappa shape index (κ1) is 12.6. The number of rotatable bonds is 3. The molecule has 0 saturated heterocycles. The second-order valence-electron chi connectivity index (χ2n) is 3.82. The predicted molar refractivity (Wildman–Crippen MR) is 59.9 cm³/mol. The molecule has 1 atom stereocenters. The summed E-state index contributed by atoms with van der Waals surface area (Å²) < 4.78 is 18.3. The lowest BCUT2D eigenvalue weighted by Gasteiger charge is -2.13. The predicted octanol–water partition coefficient (Wildman–Crippen LogP) is 1.98. The van der Waals surface area contributed by atoms with Crippen LogP contribution in [0.25, 0.3) is 0 Å². The van der Waals surface area contributed by atoms with Crippen molar-refractivity contribution in [2.24, 2.45) is 5.73 Å². The van der Waals surface area contributed by atoms with Gasteiger partial charge in [-0.15, -0.1) is 0 Å². The van der Waals surface area contributed by atoms with Crippen molar-refractivity contribution in [2.45, 2.75) is 19.8 Å². The second kappa shape index (κ2) is 5.07. The van der Waals surface area contributed by atoms with E-state index in [1.165, 1.54) is 19.2 Å². The second-order valence-corrected chi connectivity index (χ2v) is 3.82. The van der Waals surface area contributed by atoms with E-state index in [2.05, 4.69) is 4.74 Å². The van der Waals surface area contributed by atoms with Crippen molar-refractivity contribution in [1.29, 1.82) is 0 Å². The Balaban J connectivity index is 3.26. The number of aryl methyl sites for hydroxylation is 1. The Hall–Kier alpha value is -1.42. The van der Waals surface area contributed by atoms with E-state index in [1.807, 2.05) is 6.92 Å². The van der Waals surface area contributed by atoms with Crippen molar-refractivity contribution >= 4 is 5.97 Å². The van der Waals surface area contributed by atoms with Crippen LogP contribution < -0.4 is 5.73 Å². The van der Waals surface area contributed by atoms with Crippen LogP contribution in [0.15, 0.2) is 12.1 Å². The number of carbonyl (C=O) groups excluding carboxylic acids is 1. The molecule has 0 aliphatic carbocycles. The molecular weight excluding hydrogens is 209 g/mol. The minimum absolute atomic E-state index is 0.121. The number of hydrogen-bond donors (Lipinski definition) is 1. The van der Waals surface area contributed by atoms with Gasteiger partial charge in [0.15, 0.2) is 0 Å². The highest BCUT2D eigenvalue weighted by atomic mass is 19.1. The summed E-state index contributed by atoms with van der Waals surface area (Å²) in [4.78, 5) is 11.4. The van der Waals surface area contributed by atoms with Gasteiger partial charge in [0.05, 0.1) is 12.7 Å². The minimum atomic E-state index is -0.456. The molecule has 4 heteroatoms. The van der Waals surface area contributed by atoms with Crippen LogP contribution in [0.5, 0.6) is 0 Å². The average Bonchev–Trinajstić information content (AvgIpc) is 2.27. The van der Waals surface area contributed by atoms with Crippen molar-refractivity contribution in [1.82, 2.24) is 0 Å². The molecule has 88 valence electrons. The van der Waals surface area contributed by atoms with E-state index in [4.69, 9.17) is 5.73 Å². The quantitative estimate of drug-likeness (QED) is 0.800. The van der Waals surface area contributed by atoms with Crippen LogP contribution >= 0.6 is 0 Å². The van der Waals surface area contributed by atoms with Crippen molar-refractivity contribution < 1.29 is 13.9 Å². The lowest BCUT2D eigenvalue weighted by atomic mass is 9.96. The number of halogens is 1. The van der Waals surface area contributed by atoms with E-state index in [1.54, 1.807) is 6.92 Å². The molecule has 1 rings (SSSR count). The largest absolute Gasteiger partial charge is 0.465 e. The fraction of sp³-hybridized carbons (Fsp3) is 0.417. The first-order chi connectivity index (χ1) is 7.51. The number of benzene rings is 1. The van der Waals surface area contributed by atoms with E-state index >= 15 is 0 Å². The van der Waals surface area contributed by atoms with Gasteiger partial charge in [-0.2, -0.15) is 0 Å². The van der Waals surface area contributed by atoms with Crippen LogP contribution in [0.2, 0.25) is 0 Å². The van der Waals surface area contributed by atoms with E-state index in [9.17, 15) is 9.18 Å². The Morgan fingerprint density at radius 1 is 1.56 bits per heavy atom. The van der Waals surface area contributed by atoms with Crippen LogP contribution in [0.1, 0.15) is 34.3 Å². The fourth-order valence-corrected chi connectivity index (χ4v) is 1.52. The van der Waals surface area contributed by atoms with Crippen LogP contribution in [-0.2, 0) is 4.74 Å². The van der Waals surface area contributed by atoms with Crippen molar-refractivity contribution in [3.63, 3.8) is 0 Å². The van der Waals surface area contributed by atoms with Crippen LogP contribution in [0.3, 0.4) is 0 Å². The highest BCUT2D eigenvalue weighted by Crippen LogP contribution is 2.22. The van der Waals surface area contributed by atoms with Gasteiger partial charge >= 0.3 is 5.97 Å². The topological polar surface area (TPSA) is 52.3 Å². The van der Waals surface area contributed by atoms with Gasteiger partial charge in [0.2, 0.25) is 0 Å². The summed E-state index contributed by atoms with van der Waals surface area (Å²) in [7, 11) is 1.30. The summed E-state index contributed by atoms with van der Waals surface area (Å²) in [6.07, 6.45) is 0. The Kier molecular flexibility index (Phi) is 4.01. The van der Waals surface area contributed by atoms with E-state index in [0.29, 0.717) is 23.2 Å². The van der Waals surface area contributed by atoms with Gasteiger partial charge in [-0.3, -0.25) is 0 Å². The van der Waals surface area contributed by atoms with E-state index in [0.717, 1.165) is 0 Å². The molecule has 1 unspecified atom stereocenters. The third-order valence-electron chi connectivity index (χ3n) is 2.63. The molecule has 3 nitrogen and oxygen atoms in total. The maximum atomic E-state index is 13.6. The average molecular weight is 225 g/mol. The SMILES string of the molecule is COC(=O)c1cc(C(C)CN)c(F)cc1C. The fourth-order valence-electron chi connectivity index (χ4n) is 1.52. The molecule has 0 aliphatic rings. The Labute approximate surface area is 94.4 Å². The Bertz CT molecular complexity index is 404. The van der Waals surface area contributed by atoms with Gasteiger partial charge in [0, 0.05) is 0 Å². The normalized spacial score (nSPS) is 12.3. The zero-order valence-electron chi connectivity index (χ0n) is 9.71. The summed E-state index contributed by atoms with van der Waals surface area (Å²) in [6, 6.07) is 2.86. The molecular formula is C12H16FNO2. The summed E-state index contributed by atoms with van der Waals surface area (Å²) in [5.74, 6) is -0.907. The van der Waals surface area contributed by atoms with Crippen LogP contribution in [0.4, 0.5) is 4.39 Å². The summed E-state index contributed by atoms with van der Waals surface area (Å²) in [5, 5.41) is 0. The molecule has 1 aromatic carbocycles. The van der Waals surface area contributed by atoms with E-state index < -0.39 is 5.97 Å². The monoisotopic (exact) mass is 225 g/mol. The number of ether oxygens (including phenoxy) is 1. The lowest BCUT2D eigenvalue weighted by Crippen LogP contribution is -2.13. The van der Waals surface area contributed by atoms with Gasteiger partial charge in [-0.05, 0) is 42.6 Å². The molecule has 0 aromatic heterocycles. The smallest absolute Gasteiger partial charge is 0.338 e. The molecule has 16 heavy (non-hydrogen) atoms. The zero-order chi connectivity index (χ0) is 12.3. The van der Waals surface area contributed by atoms with Gasteiger partial charge in [0.25, 0.3) is 0 Å². The highest BCUT2D eigenvalue weighted by molar-refractivity contribution is 5.91. The first-order valence-electron chi connectivity index (χ1n) is 5.09. The standard InChI is InChI=1S/C12H16FNO2/c1-7-4-11(13)9(8(2)6-14)5-10(7)12(15)16-3/h4-5,8H,6,14H2,1-3H3. The summed E-state index contributed by atoms with van der Waals surface area (Å²) >= 11 is 0. The zero-order valence-corrected chi connectivity index (χ0v) is 9.71. The maximum absolute atomic E-state index is 13.6. The Morgan fingerprint density at radius 3 is 2.69 bits per heavy atom. The van der Waals surface area contributed by atoms with Gasteiger partial charge in [0.1, 0.15) is 5.82 Å². The summed E-state index contributed by atoms with van der Waals surface area (Å²) in [5.41, 5.74) is 6.89. The first-order valence-corrected chi connectivity index (χ1v) is 5.09. The van der Waals surface area contributed by atoms with Crippen LogP contribution in [-0.4, -0.2) is 19.6 Å². The molecule has 0 spiro atoms. The van der Waals surface area contributed by atoms with Crippen molar-refractivity contribution in [3.8, 4) is 0 Å². The molecule has 1 aromatic rings. The van der Waals surface area contributed by atoms with Crippen molar-refractivity contribution in [3.05, 3.63) is 34.6 Å². The molecule has 0 radical (unpaired) electrons. The number of nitrogens with two attached hydrogens (primary N) is 1. The van der Waals surface area contributed by atoms with Gasteiger partial charge in [-0.1, -0.05) is 6.92 Å². The third-order valence-corrected chi connectivity index (χ3v) is 2.63. The minimum Gasteiger partial charge on any atom is -0.465 e. The molecule has 0 amide bonds. The number of carbonyl (C=O) groups is 1. The maximum Gasteiger partial charge on any atom is 0.338 e. The molecule has 0 saturated carbocycles. The number of hydrogen-bond acceptors (Lipinski definition) is 3. The van der Waals surface area contributed by atoms with Crippen molar-refractivity contribution in [2.75, 3.05) is 13.7 Å². The van der Waals surface area contributed by atoms with Gasteiger partial charge < -0.3 is 10.5 Å². The highest BCUT2D eigenvalue weighted by Gasteiger charge is 2.16. The molecule has 2 N–H and O–H groups in total. The summed E-state index contributed by atoms with van der Waals surface area (Å²) in [6.45, 7) is 3.82. The Morgan fingerprint density at radius 2 is 2.19 bits per heavy atom. The lowest BCUT2D eigenvalue weighted by molar-refractivity contribution is 0.0599. The molecule has 0 heterocycles. The molecule has 0 bridgehead atoms. The van der Waals surface area contributed by atoms with Crippen LogP contribution in [0, 0.1) is 12.7 Å². The molecule has 0 fully saturated rings. The number of methoxy groups -OCH3 is 1. The van der Waals surface area contributed by atoms with E-state index in [-0.39, 0.29) is 11.7 Å². The van der Waals surface area contributed by atoms with Gasteiger partial charge in [-0.25, -0.2) is 9.18 Å². The number of esters is 1. The third kappa shape index (κ3) is 2.39. The molecule has 0 aliphatic heterocycles.